The Labute approximate surface area is 162 Å². The molecule has 0 aliphatic carbocycles. The van der Waals surface area contributed by atoms with Gasteiger partial charge in [0, 0.05) is 22.9 Å². The van der Waals surface area contributed by atoms with Gasteiger partial charge in [-0.3, -0.25) is 9.59 Å². The highest BCUT2D eigenvalue weighted by molar-refractivity contribution is 7.99. The van der Waals surface area contributed by atoms with E-state index in [0.717, 1.165) is 9.79 Å². The third-order valence-corrected chi connectivity index (χ3v) is 7.21. The molecule has 2 aromatic carbocycles. The number of hydrogen-bond acceptors (Lipinski definition) is 5. The first-order valence-electron chi connectivity index (χ1n) is 8.46. The van der Waals surface area contributed by atoms with Crippen molar-refractivity contribution >= 4 is 39.1 Å². The van der Waals surface area contributed by atoms with Crippen molar-refractivity contribution in [1.82, 2.24) is 4.90 Å². The molecular formula is C19H20N2O4S2. The van der Waals surface area contributed by atoms with Crippen molar-refractivity contribution in [3.8, 4) is 0 Å². The van der Waals surface area contributed by atoms with Crippen LogP contribution in [0.25, 0.3) is 0 Å². The summed E-state index contributed by atoms with van der Waals surface area (Å²) in [7, 11) is -1.66. The van der Waals surface area contributed by atoms with Crippen molar-refractivity contribution in [2.75, 3.05) is 23.9 Å². The number of carbonyl (C=O) groups is 2. The second-order valence-corrected chi connectivity index (χ2v) is 9.68. The fourth-order valence-corrected chi connectivity index (χ4v) is 5.55. The van der Waals surface area contributed by atoms with Crippen LogP contribution >= 0.6 is 11.8 Å². The van der Waals surface area contributed by atoms with Crippen LogP contribution in [0.4, 0.5) is 5.69 Å². The van der Waals surface area contributed by atoms with Gasteiger partial charge >= 0.3 is 11.8 Å². The van der Waals surface area contributed by atoms with Crippen LogP contribution in [0.5, 0.6) is 0 Å². The summed E-state index contributed by atoms with van der Waals surface area (Å²) < 4.78 is 23.2. The lowest BCUT2D eigenvalue weighted by atomic mass is 10.2. The van der Waals surface area contributed by atoms with E-state index in [-0.39, 0.29) is 11.5 Å². The van der Waals surface area contributed by atoms with Crippen molar-refractivity contribution in [3.05, 3.63) is 54.6 Å². The lowest BCUT2D eigenvalue weighted by Crippen LogP contribution is -2.43. The number of amides is 2. The maximum atomic E-state index is 12.4. The molecule has 3 rings (SSSR count). The summed E-state index contributed by atoms with van der Waals surface area (Å²) in [5.41, 5.74) is 0.539. The number of rotatable bonds is 4. The number of benzene rings is 2. The predicted octanol–water partition coefficient (Wildman–Crippen LogP) is 2.42. The highest BCUT2D eigenvalue weighted by atomic mass is 32.2. The van der Waals surface area contributed by atoms with E-state index in [1.807, 2.05) is 42.5 Å². The van der Waals surface area contributed by atoms with Gasteiger partial charge in [0.1, 0.15) is 0 Å². The van der Waals surface area contributed by atoms with Gasteiger partial charge in [-0.05, 0) is 30.7 Å². The van der Waals surface area contributed by atoms with E-state index < -0.39 is 27.7 Å². The third-order valence-electron chi connectivity index (χ3n) is 4.38. The molecule has 142 valence electrons. The van der Waals surface area contributed by atoms with Gasteiger partial charge in [0.15, 0.2) is 9.84 Å². The van der Waals surface area contributed by atoms with E-state index in [2.05, 4.69) is 5.32 Å². The number of hydrogen-bond donors (Lipinski definition) is 1. The standard InChI is InChI=1S/C19H20N2O4S2/c1-21(14-11-12-27(24,25)13-14)19(23)18(22)20-16-9-5-6-10-17(16)26-15-7-3-2-4-8-15/h2-10,14H,11-13H2,1H3,(H,20,22). The number of para-hydroxylation sites is 1. The van der Waals surface area contributed by atoms with Crippen LogP contribution in [0, 0.1) is 0 Å². The fourth-order valence-electron chi connectivity index (χ4n) is 2.86. The van der Waals surface area contributed by atoms with Crippen LogP contribution in [0.15, 0.2) is 64.4 Å². The first-order chi connectivity index (χ1) is 12.9. The summed E-state index contributed by atoms with van der Waals surface area (Å²) >= 11 is 1.48. The summed E-state index contributed by atoms with van der Waals surface area (Å²) in [6.45, 7) is 0. The molecule has 1 aliphatic heterocycles. The van der Waals surface area contributed by atoms with Gasteiger partial charge in [0.25, 0.3) is 0 Å². The normalized spacial score (nSPS) is 18.0. The molecule has 1 fully saturated rings. The number of anilines is 1. The minimum Gasteiger partial charge on any atom is -0.333 e. The maximum absolute atomic E-state index is 12.4. The molecule has 0 spiro atoms. The van der Waals surface area contributed by atoms with E-state index in [1.54, 1.807) is 12.1 Å². The minimum atomic E-state index is -3.13. The molecule has 0 radical (unpaired) electrons. The van der Waals surface area contributed by atoms with E-state index in [0.29, 0.717) is 12.1 Å². The zero-order valence-electron chi connectivity index (χ0n) is 14.8. The first kappa shape index (κ1) is 19.4. The van der Waals surface area contributed by atoms with Crippen molar-refractivity contribution in [3.63, 3.8) is 0 Å². The monoisotopic (exact) mass is 404 g/mol. The van der Waals surface area contributed by atoms with Gasteiger partial charge < -0.3 is 10.2 Å². The Morgan fingerprint density at radius 1 is 1.07 bits per heavy atom. The van der Waals surface area contributed by atoms with Gasteiger partial charge in [-0.25, -0.2) is 8.42 Å². The van der Waals surface area contributed by atoms with Gasteiger partial charge in [-0.1, -0.05) is 42.1 Å². The lowest BCUT2D eigenvalue weighted by Gasteiger charge is -2.22. The van der Waals surface area contributed by atoms with E-state index in [9.17, 15) is 18.0 Å². The molecule has 1 heterocycles. The SMILES string of the molecule is CN(C(=O)C(=O)Nc1ccccc1Sc1ccccc1)C1CCS(=O)(=O)C1. The summed E-state index contributed by atoms with van der Waals surface area (Å²) in [6.07, 6.45) is 0.359. The third kappa shape index (κ3) is 4.90. The average Bonchev–Trinajstić information content (AvgIpc) is 3.02. The molecule has 1 atom stereocenters. The quantitative estimate of drug-likeness (QED) is 0.792. The average molecular weight is 405 g/mol. The number of sulfone groups is 1. The van der Waals surface area contributed by atoms with Crippen LogP contribution in [0.3, 0.4) is 0 Å². The van der Waals surface area contributed by atoms with E-state index in [1.165, 1.54) is 23.7 Å². The second-order valence-electron chi connectivity index (χ2n) is 6.34. The van der Waals surface area contributed by atoms with Crippen molar-refractivity contribution < 1.29 is 18.0 Å². The van der Waals surface area contributed by atoms with E-state index >= 15 is 0 Å². The fraction of sp³-hybridized carbons (Fsp3) is 0.263. The Morgan fingerprint density at radius 3 is 2.41 bits per heavy atom. The molecule has 1 aliphatic rings. The first-order valence-corrected chi connectivity index (χ1v) is 11.1. The van der Waals surface area contributed by atoms with Crippen LogP contribution in [-0.2, 0) is 19.4 Å². The summed E-state index contributed by atoms with van der Waals surface area (Å²) in [4.78, 5) is 27.9. The Kier molecular flexibility index (Phi) is 5.86. The summed E-state index contributed by atoms with van der Waals surface area (Å²) in [6, 6.07) is 16.5. The van der Waals surface area contributed by atoms with Crippen molar-refractivity contribution in [2.45, 2.75) is 22.3 Å². The molecule has 27 heavy (non-hydrogen) atoms. The zero-order valence-corrected chi connectivity index (χ0v) is 16.4. The van der Waals surface area contributed by atoms with E-state index in [4.69, 9.17) is 0 Å². The number of likely N-dealkylation sites (N-methyl/N-ethyl adjacent to an activating group) is 1. The second kappa shape index (κ2) is 8.14. The Bertz CT molecular complexity index is 945. The molecule has 0 saturated carbocycles. The van der Waals surface area contributed by atoms with Crippen LogP contribution in [0.2, 0.25) is 0 Å². The molecule has 2 aromatic rings. The number of nitrogens with zero attached hydrogens (tertiary/aromatic N) is 1. The van der Waals surface area contributed by atoms with Crippen molar-refractivity contribution in [1.29, 1.82) is 0 Å². The van der Waals surface area contributed by atoms with Gasteiger partial charge in [-0.2, -0.15) is 0 Å². The van der Waals surface area contributed by atoms with Crippen LogP contribution in [-0.4, -0.2) is 49.7 Å². The largest absolute Gasteiger partial charge is 0.333 e. The molecule has 8 heteroatoms. The summed E-state index contributed by atoms with van der Waals surface area (Å²) in [5, 5.41) is 2.66. The molecule has 1 unspecified atom stereocenters. The molecule has 1 N–H and O–H groups in total. The zero-order chi connectivity index (χ0) is 19.4. The highest BCUT2D eigenvalue weighted by Gasteiger charge is 2.34. The van der Waals surface area contributed by atoms with Crippen LogP contribution < -0.4 is 5.32 Å². The Hall–Kier alpha value is -2.32. The van der Waals surface area contributed by atoms with Gasteiger partial charge in [-0.15, -0.1) is 0 Å². The summed E-state index contributed by atoms with van der Waals surface area (Å²) in [5.74, 6) is -1.56. The smallest absolute Gasteiger partial charge is 0.313 e. The maximum Gasteiger partial charge on any atom is 0.313 e. The Morgan fingerprint density at radius 2 is 1.74 bits per heavy atom. The Balaban J connectivity index is 1.70. The molecule has 1 saturated heterocycles. The van der Waals surface area contributed by atoms with Gasteiger partial charge in [0.2, 0.25) is 0 Å². The highest BCUT2D eigenvalue weighted by Crippen LogP contribution is 2.33. The molecule has 6 nitrogen and oxygen atoms in total. The number of carbonyl (C=O) groups excluding carboxylic acids is 2. The molecule has 0 aromatic heterocycles. The molecule has 2 amide bonds. The number of nitrogens with one attached hydrogen (secondary N) is 1. The topological polar surface area (TPSA) is 83.6 Å². The molecular weight excluding hydrogens is 384 g/mol. The van der Waals surface area contributed by atoms with Gasteiger partial charge in [0.05, 0.1) is 17.2 Å². The van der Waals surface area contributed by atoms with Crippen LogP contribution in [0.1, 0.15) is 6.42 Å². The van der Waals surface area contributed by atoms with Crippen molar-refractivity contribution in [2.24, 2.45) is 0 Å². The minimum absolute atomic E-state index is 0.0491. The lowest BCUT2D eigenvalue weighted by molar-refractivity contribution is -0.143. The predicted molar refractivity (Wildman–Crippen MR) is 105 cm³/mol. The molecule has 0 bridgehead atoms.